The number of aromatic nitrogens is 5. The molecule has 0 spiro atoms. The van der Waals surface area contributed by atoms with Crippen molar-refractivity contribution in [1.82, 2.24) is 24.5 Å². The molecule has 36 heavy (non-hydrogen) atoms. The van der Waals surface area contributed by atoms with Gasteiger partial charge in [-0.15, -0.1) is 0 Å². The van der Waals surface area contributed by atoms with E-state index in [-0.39, 0.29) is 17.9 Å². The molecular weight excluding hydrogens is 464 g/mol. The number of ether oxygens (including phenoxy) is 1. The Balaban J connectivity index is 1.43. The molecule has 4 aromatic rings. The molecule has 3 heterocycles. The Morgan fingerprint density at radius 1 is 1.17 bits per heavy atom. The van der Waals surface area contributed by atoms with Crippen LogP contribution in [0.15, 0.2) is 42.9 Å². The minimum absolute atomic E-state index is 0.0488. The third-order valence-electron chi connectivity index (χ3n) is 6.75. The number of anilines is 1. The Hall–Kier alpha value is -4.00. The number of halogens is 2. The number of fused-ring (bicyclic) bond motifs is 1. The second-order valence-corrected chi connectivity index (χ2v) is 9.57. The zero-order valence-corrected chi connectivity index (χ0v) is 20.4. The van der Waals surface area contributed by atoms with E-state index in [2.05, 4.69) is 21.5 Å². The number of pyridine rings is 1. The molecule has 1 saturated carbocycles. The fourth-order valence-corrected chi connectivity index (χ4v) is 4.62. The Morgan fingerprint density at radius 2 is 1.94 bits per heavy atom. The van der Waals surface area contributed by atoms with Gasteiger partial charge in [-0.3, -0.25) is 9.36 Å². The Morgan fingerprint density at radius 3 is 2.67 bits per heavy atom. The van der Waals surface area contributed by atoms with Crippen molar-refractivity contribution in [2.75, 3.05) is 12.4 Å². The normalized spacial score (nSPS) is 18.2. The number of hydrogen-bond donors (Lipinski definition) is 1. The average molecular weight is 492 g/mol. The fourth-order valence-electron chi connectivity index (χ4n) is 4.62. The lowest BCUT2D eigenvalue weighted by atomic mass is 9.93. The third-order valence-corrected chi connectivity index (χ3v) is 6.75. The molecule has 0 atom stereocenters. The van der Waals surface area contributed by atoms with Gasteiger partial charge in [-0.1, -0.05) is 6.07 Å². The highest BCUT2D eigenvalue weighted by Crippen LogP contribution is 2.37. The van der Waals surface area contributed by atoms with E-state index < -0.39 is 17.2 Å². The van der Waals surface area contributed by atoms with E-state index in [4.69, 9.17) is 9.84 Å². The molecule has 1 aliphatic rings. The predicted molar refractivity (Wildman–Crippen MR) is 132 cm³/mol. The topological polar surface area (TPSA) is 93.6 Å². The van der Waals surface area contributed by atoms with Crippen LogP contribution in [0.4, 0.5) is 14.6 Å². The first-order valence-electron chi connectivity index (χ1n) is 11.9. The smallest absolute Gasteiger partial charge is 0.200 e. The molecule has 0 unspecified atom stereocenters. The number of nitrogens with one attached hydrogen (secondary N) is 1. The molecule has 8 nitrogen and oxygen atoms in total. The van der Waals surface area contributed by atoms with Gasteiger partial charge in [0.05, 0.1) is 29.9 Å². The van der Waals surface area contributed by atoms with Crippen LogP contribution >= 0.6 is 0 Å². The molecule has 186 valence electrons. The lowest BCUT2D eigenvalue weighted by molar-refractivity contribution is 0.125. The molecular formula is C26H27F2N7O. The quantitative estimate of drug-likeness (QED) is 0.386. The van der Waals surface area contributed by atoms with Crippen LogP contribution in [-0.2, 0) is 5.54 Å². The van der Waals surface area contributed by atoms with Crippen LogP contribution in [0, 0.1) is 23.0 Å². The van der Waals surface area contributed by atoms with Gasteiger partial charge in [-0.05, 0) is 51.7 Å². The largest absolute Gasteiger partial charge is 0.487 e. The van der Waals surface area contributed by atoms with Crippen LogP contribution in [0.5, 0.6) is 5.75 Å². The van der Waals surface area contributed by atoms with E-state index >= 15 is 0 Å². The molecule has 1 aromatic carbocycles. The lowest BCUT2D eigenvalue weighted by Gasteiger charge is -2.29. The van der Waals surface area contributed by atoms with Crippen LogP contribution in [0.3, 0.4) is 0 Å². The zero-order valence-electron chi connectivity index (χ0n) is 20.4. The molecule has 0 aliphatic heterocycles. The number of nitriles is 1. The first kappa shape index (κ1) is 23.7. The number of rotatable bonds is 6. The van der Waals surface area contributed by atoms with Crippen molar-refractivity contribution in [1.29, 1.82) is 5.26 Å². The standard InChI is InChI=1S/C26H27F2N7O/c1-26(2,15-29)34-14-16(12-32-34)25-19-13-31-23(30-3)11-21(19)35(33-25)17-7-9-18(10-8-17)36-22-6-4-5-20(27)24(22)28/h4-6,11-14,17-18H,7-10H2,1-3H3,(H,30,31)/t17-,18+. The Bertz CT molecular complexity index is 1440. The minimum Gasteiger partial charge on any atom is -0.487 e. The summed E-state index contributed by atoms with van der Waals surface area (Å²) in [4.78, 5) is 4.49. The van der Waals surface area contributed by atoms with Crippen molar-refractivity contribution in [3.8, 4) is 23.1 Å². The SMILES string of the molecule is CNc1cc2c(cn1)c(-c1cnn(C(C)(C)C#N)c1)nn2[C@H]1CC[C@@H](Oc2cccc(F)c2F)CC1. The van der Waals surface area contributed by atoms with Gasteiger partial charge in [0, 0.05) is 36.5 Å². The van der Waals surface area contributed by atoms with Crippen molar-refractivity contribution < 1.29 is 13.5 Å². The second kappa shape index (κ2) is 9.22. The van der Waals surface area contributed by atoms with Crippen molar-refractivity contribution >= 4 is 16.7 Å². The zero-order chi connectivity index (χ0) is 25.4. The molecule has 1 aliphatic carbocycles. The van der Waals surface area contributed by atoms with Crippen LogP contribution in [-0.4, -0.2) is 37.7 Å². The molecule has 0 radical (unpaired) electrons. The molecule has 0 saturated heterocycles. The van der Waals surface area contributed by atoms with Crippen molar-refractivity contribution in [2.24, 2.45) is 0 Å². The minimum atomic E-state index is -0.949. The summed E-state index contributed by atoms with van der Waals surface area (Å²) in [5.74, 6) is -1.18. The maximum atomic E-state index is 14.1. The first-order chi connectivity index (χ1) is 17.3. The summed E-state index contributed by atoms with van der Waals surface area (Å²) in [6.45, 7) is 3.61. The summed E-state index contributed by atoms with van der Waals surface area (Å²) in [5.41, 5.74) is 1.71. The van der Waals surface area contributed by atoms with Crippen molar-refractivity contribution in [3.05, 3.63) is 54.5 Å². The van der Waals surface area contributed by atoms with Gasteiger partial charge in [-0.2, -0.15) is 19.8 Å². The van der Waals surface area contributed by atoms with Gasteiger partial charge in [0.15, 0.2) is 11.6 Å². The second-order valence-electron chi connectivity index (χ2n) is 9.57. The Kier molecular flexibility index (Phi) is 6.08. The highest BCUT2D eigenvalue weighted by atomic mass is 19.2. The summed E-state index contributed by atoms with van der Waals surface area (Å²) in [6.07, 6.45) is 8.08. The van der Waals surface area contributed by atoms with Gasteiger partial charge in [0.2, 0.25) is 5.82 Å². The van der Waals surface area contributed by atoms with Crippen LogP contribution < -0.4 is 10.1 Å². The monoisotopic (exact) mass is 491 g/mol. The first-order valence-corrected chi connectivity index (χ1v) is 11.9. The molecule has 3 aromatic heterocycles. The third kappa shape index (κ3) is 4.26. The molecule has 10 heteroatoms. The highest BCUT2D eigenvalue weighted by molar-refractivity contribution is 5.93. The van der Waals surface area contributed by atoms with Crippen LogP contribution in [0.1, 0.15) is 45.6 Å². The maximum Gasteiger partial charge on any atom is 0.200 e. The number of benzene rings is 1. The van der Waals surface area contributed by atoms with E-state index in [0.717, 1.165) is 46.9 Å². The Labute approximate surface area is 207 Å². The predicted octanol–water partition coefficient (Wildman–Crippen LogP) is 5.44. The summed E-state index contributed by atoms with van der Waals surface area (Å²) in [6, 6.07) is 8.32. The van der Waals surface area contributed by atoms with E-state index in [1.807, 2.05) is 24.0 Å². The van der Waals surface area contributed by atoms with E-state index in [1.165, 1.54) is 12.1 Å². The van der Waals surface area contributed by atoms with Crippen molar-refractivity contribution in [2.45, 2.75) is 57.2 Å². The van der Waals surface area contributed by atoms with Gasteiger partial charge in [0.25, 0.3) is 0 Å². The number of nitrogens with zero attached hydrogens (tertiary/aromatic N) is 6. The van der Waals surface area contributed by atoms with Crippen molar-refractivity contribution in [3.63, 3.8) is 0 Å². The molecule has 1 N–H and O–H groups in total. The van der Waals surface area contributed by atoms with Gasteiger partial charge in [-0.25, -0.2) is 9.37 Å². The lowest BCUT2D eigenvalue weighted by Crippen LogP contribution is -2.26. The van der Waals surface area contributed by atoms with Crippen LogP contribution in [0.2, 0.25) is 0 Å². The van der Waals surface area contributed by atoms with E-state index in [9.17, 15) is 14.0 Å². The van der Waals surface area contributed by atoms with Gasteiger partial charge < -0.3 is 10.1 Å². The summed E-state index contributed by atoms with van der Waals surface area (Å²) < 4.78 is 37.1. The van der Waals surface area contributed by atoms with Gasteiger partial charge in [0.1, 0.15) is 17.1 Å². The van der Waals surface area contributed by atoms with Crippen LogP contribution in [0.25, 0.3) is 22.2 Å². The fraction of sp³-hybridized carbons (Fsp3) is 0.385. The van der Waals surface area contributed by atoms with Gasteiger partial charge >= 0.3 is 0 Å². The summed E-state index contributed by atoms with van der Waals surface area (Å²) in [7, 11) is 1.82. The summed E-state index contributed by atoms with van der Waals surface area (Å²) in [5, 5.41) is 22.8. The average Bonchev–Trinajstić information content (AvgIpc) is 3.53. The van der Waals surface area contributed by atoms with E-state index in [1.54, 1.807) is 30.9 Å². The molecule has 0 bridgehead atoms. The summed E-state index contributed by atoms with van der Waals surface area (Å²) >= 11 is 0. The number of hydrogen-bond acceptors (Lipinski definition) is 6. The highest BCUT2D eigenvalue weighted by Gasteiger charge is 2.28. The molecule has 5 rings (SSSR count). The molecule has 0 amide bonds. The molecule has 1 fully saturated rings. The maximum absolute atomic E-state index is 14.1. The van der Waals surface area contributed by atoms with E-state index in [0.29, 0.717) is 12.8 Å².